The van der Waals surface area contributed by atoms with Crippen LogP contribution in [0.25, 0.3) is 0 Å². The number of hydrogen-bond donors (Lipinski definition) is 0. The zero-order valence-corrected chi connectivity index (χ0v) is 7.99. The molecule has 0 radical (unpaired) electrons. The normalized spacial score (nSPS) is 9.92. The summed E-state index contributed by atoms with van der Waals surface area (Å²) in [6.07, 6.45) is 1.70. The fraction of sp³-hybridized carbons (Fsp3) is 0.250. The van der Waals surface area contributed by atoms with E-state index in [0.717, 1.165) is 5.69 Å². The summed E-state index contributed by atoms with van der Waals surface area (Å²) in [4.78, 5) is 14.5. The quantitative estimate of drug-likeness (QED) is 0.692. The highest BCUT2D eigenvalue weighted by molar-refractivity contribution is 6.63. The van der Waals surface area contributed by atoms with Gasteiger partial charge in [-0.25, -0.2) is 0 Å². The van der Waals surface area contributed by atoms with Gasteiger partial charge in [0.2, 0.25) is 5.24 Å². The van der Waals surface area contributed by atoms with Gasteiger partial charge < -0.3 is 0 Å². The zero-order valence-electron chi connectivity index (χ0n) is 6.47. The van der Waals surface area contributed by atoms with E-state index in [1.54, 1.807) is 12.3 Å². The molecule has 0 fully saturated rings. The highest BCUT2D eigenvalue weighted by Gasteiger charge is 2.04. The monoisotopic (exact) mass is 203 g/mol. The van der Waals surface area contributed by atoms with Crippen molar-refractivity contribution in [2.45, 2.75) is 13.3 Å². The number of pyridine rings is 1. The fourth-order valence-electron chi connectivity index (χ4n) is 0.835. The molecule has 0 amide bonds. The summed E-state index contributed by atoms with van der Waals surface area (Å²) in [5.74, 6) is 0. The first-order valence-corrected chi connectivity index (χ1v) is 4.14. The van der Waals surface area contributed by atoms with Crippen molar-refractivity contribution in [2.24, 2.45) is 0 Å². The van der Waals surface area contributed by atoms with E-state index in [-0.39, 0.29) is 6.42 Å². The molecule has 0 unspecified atom stereocenters. The molecular weight excluding hydrogens is 197 g/mol. The number of aryl methyl sites for hydroxylation is 1. The number of rotatable bonds is 2. The summed E-state index contributed by atoms with van der Waals surface area (Å²) >= 11 is 11.0. The van der Waals surface area contributed by atoms with Gasteiger partial charge in [-0.1, -0.05) is 11.6 Å². The van der Waals surface area contributed by atoms with Gasteiger partial charge in [-0.3, -0.25) is 9.78 Å². The number of hydrogen-bond acceptors (Lipinski definition) is 2. The molecule has 2 nitrogen and oxygen atoms in total. The molecule has 0 bridgehead atoms. The summed E-state index contributed by atoms with van der Waals surface area (Å²) in [7, 11) is 0. The van der Waals surface area contributed by atoms with Crippen molar-refractivity contribution in [3.63, 3.8) is 0 Å². The van der Waals surface area contributed by atoms with E-state index in [1.165, 1.54) is 0 Å². The van der Waals surface area contributed by atoms with Crippen molar-refractivity contribution in [1.82, 2.24) is 4.98 Å². The highest BCUT2D eigenvalue weighted by atomic mass is 35.5. The van der Waals surface area contributed by atoms with Gasteiger partial charge in [-0.2, -0.15) is 0 Å². The molecule has 1 aromatic heterocycles. The van der Waals surface area contributed by atoms with Gasteiger partial charge in [0.15, 0.2) is 0 Å². The molecule has 64 valence electrons. The number of halogens is 2. The first-order valence-electron chi connectivity index (χ1n) is 3.39. The first-order chi connectivity index (χ1) is 5.59. The molecular formula is C8H7Cl2NO. The van der Waals surface area contributed by atoms with Crippen molar-refractivity contribution in [1.29, 1.82) is 0 Å². The Hall–Kier alpha value is -0.600. The Labute approximate surface area is 80.5 Å². The molecule has 4 heteroatoms. The lowest BCUT2D eigenvalue weighted by Gasteiger charge is -2.00. The maximum absolute atomic E-state index is 10.5. The summed E-state index contributed by atoms with van der Waals surface area (Å²) in [5, 5.41) is 0.110. The van der Waals surface area contributed by atoms with Crippen LogP contribution in [-0.2, 0) is 11.2 Å². The second-order valence-electron chi connectivity index (χ2n) is 2.45. The van der Waals surface area contributed by atoms with Gasteiger partial charge in [0.05, 0.1) is 0 Å². The van der Waals surface area contributed by atoms with Crippen LogP contribution in [-0.4, -0.2) is 10.2 Å². The van der Waals surface area contributed by atoms with Crippen LogP contribution in [0, 0.1) is 6.92 Å². The molecule has 0 spiro atoms. The average Bonchev–Trinajstić information content (AvgIpc) is 1.94. The van der Waals surface area contributed by atoms with Gasteiger partial charge in [0.1, 0.15) is 0 Å². The van der Waals surface area contributed by atoms with Crippen LogP contribution >= 0.6 is 23.2 Å². The van der Waals surface area contributed by atoms with E-state index in [4.69, 9.17) is 23.2 Å². The number of carbonyl (C=O) groups excluding carboxylic acids is 1. The van der Waals surface area contributed by atoms with E-state index in [9.17, 15) is 4.79 Å². The minimum atomic E-state index is -0.428. The zero-order chi connectivity index (χ0) is 9.14. The summed E-state index contributed by atoms with van der Waals surface area (Å²) in [6, 6.07) is 1.71. The minimum absolute atomic E-state index is 0.133. The largest absolute Gasteiger partial charge is 0.281 e. The van der Waals surface area contributed by atoms with Crippen molar-refractivity contribution < 1.29 is 4.79 Å². The van der Waals surface area contributed by atoms with Gasteiger partial charge in [-0.05, 0) is 30.2 Å². The lowest BCUT2D eigenvalue weighted by Crippen LogP contribution is -1.96. The third-order valence-corrected chi connectivity index (χ3v) is 1.88. The Balaban J connectivity index is 2.93. The number of carbonyl (C=O) groups is 1. The lowest BCUT2D eigenvalue weighted by atomic mass is 10.2. The second kappa shape index (κ2) is 3.87. The van der Waals surface area contributed by atoms with Crippen LogP contribution in [0.5, 0.6) is 0 Å². The Morgan fingerprint density at radius 3 is 2.83 bits per heavy atom. The Morgan fingerprint density at radius 2 is 2.33 bits per heavy atom. The Bertz CT molecular complexity index is 312. The molecule has 0 saturated carbocycles. The molecule has 0 aliphatic carbocycles. The average molecular weight is 204 g/mol. The Kier molecular flexibility index (Phi) is 3.06. The third kappa shape index (κ3) is 2.47. The smallest absolute Gasteiger partial charge is 0.226 e. The SMILES string of the molecule is Cc1cc(Cl)c(CC(=O)Cl)cn1. The van der Waals surface area contributed by atoms with E-state index in [0.29, 0.717) is 10.6 Å². The molecule has 0 aliphatic heterocycles. The van der Waals surface area contributed by atoms with E-state index in [1.807, 2.05) is 6.92 Å². The van der Waals surface area contributed by atoms with Crippen molar-refractivity contribution >= 4 is 28.4 Å². The molecule has 0 atom stereocenters. The molecule has 1 aromatic rings. The minimum Gasteiger partial charge on any atom is -0.281 e. The van der Waals surface area contributed by atoms with Gasteiger partial charge in [-0.15, -0.1) is 0 Å². The maximum Gasteiger partial charge on any atom is 0.226 e. The summed E-state index contributed by atoms with van der Waals surface area (Å²) < 4.78 is 0. The fourth-order valence-corrected chi connectivity index (χ4v) is 1.25. The number of aromatic nitrogens is 1. The topological polar surface area (TPSA) is 30.0 Å². The van der Waals surface area contributed by atoms with Gasteiger partial charge in [0, 0.05) is 23.3 Å². The lowest BCUT2D eigenvalue weighted by molar-refractivity contribution is -0.111. The molecule has 0 aromatic carbocycles. The Morgan fingerprint density at radius 1 is 1.67 bits per heavy atom. The summed E-state index contributed by atoms with van der Waals surface area (Å²) in [6.45, 7) is 1.83. The van der Waals surface area contributed by atoms with E-state index >= 15 is 0 Å². The molecule has 12 heavy (non-hydrogen) atoms. The van der Waals surface area contributed by atoms with Crippen molar-refractivity contribution in [3.8, 4) is 0 Å². The predicted molar refractivity (Wildman–Crippen MR) is 48.5 cm³/mol. The van der Waals surface area contributed by atoms with Crippen LogP contribution < -0.4 is 0 Å². The second-order valence-corrected chi connectivity index (χ2v) is 3.28. The molecule has 1 heterocycles. The predicted octanol–water partition coefficient (Wildman–Crippen LogP) is 2.35. The van der Waals surface area contributed by atoms with Gasteiger partial charge >= 0.3 is 0 Å². The summed E-state index contributed by atoms with van der Waals surface area (Å²) in [5.41, 5.74) is 1.49. The molecule has 0 N–H and O–H groups in total. The van der Waals surface area contributed by atoms with Crippen LogP contribution in [0.2, 0.25) is 5.02 Å². The van der Waals surface area contributed by atoms with Crippen LogP contribution in [0.4, 0.5) is 0 Å². The number of nitrogens with zero attached hydrogens (tertiary/aromatic N) is 1. The maximum atomic E-state index is 10.5. The highest BCUT2D eigenvalue weighted by Crippen LogP contribution is 2.16. The van der Waals surface area contributed by atoms with Crippen LogP contribution in [0.1, 0.15) is 11.3 Å². The molecule has 1 rings (SSSR count). The van der Waals surface area contributed by atoms with E-state index in [2.05, 4.69) is 4.98 Å². The van der Waals surface area contributed by atoms with Crippen LogP contribution in [0.15, 0.2) is 12.3 Å². The standard InChI is InChI=1S/C8H7Cl2NO/c1-5-2-7(9)6(4-11-5)3-8(10)12/h2,4H,3H2,1H3. The van der Waals surface area contributed by atoms with Crippen molar-refractivity contribution in [3.05, 3.63) is 28.5 Å². The molecule has 0 saturated heterocycles. The first kappa shape index (κ1) is 9.49. The van der Waals surface area contributed by atoms with Gasteiger partial charge in [0.25, 0.3) is 0 Å². The van der Waals surface area contributed by atoms with E-state index < -0.39 is 5.24 Å². The third-order valence-electron chi connectivity index (χ3n) is 1.40. The van der Waals surface area contributed by atoms with Crippen LogP contribution in [0.3, 0.4) is 0 Å². The van der Waals surface area contributed by atoms with Crippen molar-refractivity contribution in [2.75, 3.05) is 0 Å². The molecule has 0 aliphatic rings.